The van der Waals surface area contributed by atoms with Crippen molar-refractivity contribution in [2.45, 2.75) is 33.8 Å². The van der Waals surface area contributed by atoms with Gasteiger partial charge in [0.2, 0.25) is 0 Å². The fourth-order valence-electron chi connectivity index (χ4n) is 2.37. The Bertz CT molecular complexity index is 828. The molecule has 0 spiro atoms. The topological polar surface area (TPSA) is 65.5 Å². The van der Waals surface area contributed by atoms with Gasteiger partial charge in [0.05, 0.1) is 18.4 Å². The molecule has 0 saturated heterocycles. The molecule has 0 bridgehead atoms. The lowest BCUT2D eigenvalue weighted by Gasteiger charge is -2.02. The first-order chi connectivity index (χ1) is 10.5. The van der Waals surface area contributed by atoms with E-state index in [-0.39, 0.29) is 19.0 Å². The minimum Gasteiger partial charge on any atom is -0.464 e. The Morgan fingerprint density at radius 3 is 2.82 bits per heavy atom. The van der Waals surface area contributed by atoms with Crippen molar-refractivity contribution in [2.24, 2.45) is 0 Å². The minimum absolute atomic E-state index is 0.0909. The van der Waals surface area contributed by atoms with Crippen molar-refractivity contribution in [3.63, 3.8) is 0 Å². The van der Waals surface area contributed by atoms with E-state index in [0.717, 1.165) is 33.4 Å². The third-order valence-corrected chi connectivity index (χ3v) is 3.73. The number of esters is 1. The van der Waals surface area contributed by atoms with Crippen molar-refractivity contribution < 1.29 is 18.5 Å². The average Bonchev–Trinajstić information content (AvgIpc) is 3.08. The summed E-state index contributed by atoms with van der Waals surface area (Å²) in [5.41, 5.74) is 4.68. The molecular weight excluding hydrogens is 282 g/mol. The zero-order valence-corrected chi connectivity index (χ0v) is 12.8. The van der Waals surface area contributed by atoms with Crippen molar-refractivity contribution in [1.29, 1.82) is 0 Å². The smallest absolute Gasteiger partial charge is 0.310 e. The number of hydrogen-bond acceptors (Lipinski definition) is 5. The van der Waals surface area contributed by atoms with Gasteiger partial charge in [0.1, 0.15) is 5.58 Å². The molecular formula is C17H17NO4. The van der Waals surface area contributed by atoms with Gasteiger partial charge in [-0.25, -0.2) is 0 Å². The van der Waals surface area contributed by atoms with E-state index in [1.165, 1.54) is 0 Å². The average molecular weight is 299 g/mol. The molecule has 0 radical (unpaired) electrons. The number of ether oxygens (including phenoxy) is 1. The van der Waals surface area contributed by atoms with E-state index in [0.29, 0.717) is 5.76 Å². The van der Waals surface area contributed by atoms with Gasteiger partial charge in [-0.2, -0.15) is 0 Å². The zero-order valence-electron chi connectivity index (χ0n) is 12.8. The Morgan fingerprint density at radius 1 is 1.27 bits per heavy atom. The minimum atomic E-state index is -0.324. The normalized spacial score (nSPS) is 11.0. The summed E-state index contributed by atoms with van der Waals surface area (Å²) in [7, 11) is 0. The molecule has 114 valence electrons. The predicted molar refractivity (Wildman–Crippen MR) is 80.4 cm³/mol. The fourth-order valence-corrected chi connectivity index (χ4v) is 2.37. The van der Waals surface area contributed by atoms with E-state index in [1.54, 1.807) is 12.3 Å². The molecule has 0 amide bonds. The van der Waals surface area contributed by atoms with Gasteiger partial charge in [0, 0.05) is 17.0 Å². The van der Waals surface area contributed by atoms with Crippen LogP contribution in [-0.2, 0) is 22.6 Å². The molecule has 22 heavy (non-hydrogen) atoms. The molecule has 0 N–H and O–H groups in total. The van der Waals surface area contributed by atoms with E-state index in [1.807, 2.05) is 32.9 Å². The highest BCUT2D eigenvalue weighted by molar-refractivity contribution is 5.88. The lowest BCUT2D eigenvalue weighted by Crippen LogP contribution is -2.07. The number of aryl methyl sites for hydroxylation is 3. The SMILES string of the molecule is Cc1cc(COC(=O)Cc2coc3c(C)c(C)ccc23)on1. The maximum atomic E-state index is 12.0. The van der Waals surface area contributed by atoms with Crippen LogP contribution >= 0.6 is 0 Å². The van der Waals surface area contributed by atoms with Gasteiger partial charge in [-0.3, -0.25) is 4.79 Å². The van der Waals surface area contributed by atoms with Crippen LogP contribution in [0.3, 0.4) is 0 Å². The van der Waals surface area contributed by atoms with Crippen LogP contribution in [0, 0.1) is 20.8 Å². The number of benzene rings is 1. The highest BCUT2D eigenvalue weighted by Gasteiger charge is 2.14. The van der Waals surface area contributed by atoms with Crippen LogP contribution in [0.15, 0.2) is 33.4 Å². The molecule has 2 aromatic heterocycles. The van der Waals surface area contributed by atoms with Crippen molar-refractivity contribution in [1.82, 2.24) is 5.16 Å². The monoisotopic (exact) mass is 299 g/mol. The van der Waals surface area contributed by atoms with Gasteiger partial charge in [-0.1, -0.05) is 17.3 Å². The standard InChI is InChI=1S/C17H17NO4/c1-10-4-5-15-13(8-21-17(15)12(10)3)7-16(19)20-9-14-6-11(2)18-22-14/h4-6,8H,7,9H2,1-3H3. The first kappa shape index (κ1) is 14.4. The predicted octanol–water partition coefficient (Wildman–Crippen LogP) is 3.63. The van der Waals surface area contributed by atoms with Crippen LogP contribution in [0.2, 0.25) is 0 Å². The quantitative estimate of drug-likeness (QED) is 0.688. The maximum Gasteiger partial charge on any atom is 0.310 e. The van der Waals surface area contributed by atoms with Crippen LogP contribution in [0.5, 0.6) is 0 Å². The Labute approximate surface area is 127 Å². The van der Waals surface area contributed by atoms with E-state index in [9.17, 15) is 4.79 Å². The maximum absolute atomic E-state index is 12.0. The van der Waals surface area contributed by atoms with Crippen LogP contribution in [0.4, 0.5) is 0 Å². The molecule has 3 aromatic rings. The first-order valence-electron chi connectivity index (χ1n) is 7.08. The second-order valence-electron chi connectivity index (χ2n) is 5.42. The summed E-state index contributed by atoms with van der Waals surface area (Å²) in [6.07, 6.45) is 1.79. The van der Waals surface area contributed by atoms with E-state index < -0.39 is 0 Å². The third kappa shape index (κ3) is 2.74. The molecule has 0 fully saturated rings. The van der Waals surface area contributed by atoms with Crippen molar-refractivity contribution in [3.05, 3.63) is 52.6 Å². The summed E-state index contributed by atoms with van der Waals surface area (Å²) < 4.78 is 15.8. The first-order valence-corrected chi connectivity index (χ1v) is 7.08. The molecule has 0 aliphatic heterocycles. The van der Waals surface area contributed by atoms with Gasteiger partial charge in [-0.15, -0.1) is 0 Å². The van der Waals surface area contributed by atoms with Crippen molar-refractivity contribution >= 4 is 16.9 Å². The van der Waals surface area contributed by atoms with Crippen molar-refractivity contribution in [3.8, 4) is 0 Å². The largest absolute Gasteiger partial charge is 0.464 e. The summed E-state index contributed by atoms with van der Waals surface area (Å²) in [6, 6.07) is 5.75. The Balaban J connectivity index is 1.70. The highest BCUT2D eigenvalue weighted by atomic mass is 16.5. The zero-order chi connectivity index (χ0) is 15.7. The summed E-state index contributed by atoms with van der Waals surface area (Å²) in [6.45, 7) is 5.95. The Morgan fingerprint density at radius 2 is 2.09 bits per heavy atom. The molecule has 0 saturated carbocycles. The van der Waals surface area contributed by atoms with Gasteiger partial charge in [0.15, 0.2) is 12.4 Å². The highest BCUT2D eigenvalue weighted by Crippen LogP contribution is 2.26. The van der Waals surface area contributed by atoms with Gasteiger partial charge in [0.25, 0.3) is 0 Å². The summed E-state index contributed by atoms with van der Waals surface area (Å²) >= 11 is 0. The second kappa shape index (κ2) is 5.67. The fraction of sp³-hybridized carbons (Fsp3) is 0.294. The van der Waals surface area contributed by atoms with Crippen molar-refractivity contribution in [2.75, 3.05) is 0 Å². The second-order valence-corrected chi connectivity index (χ2v) is 5.42. The number of carbonyl (C=O) groups is 1. The van der Waals surface area contributed by atoms with Gasteiger partial charge in [-0.05, 0) is 31.9 Å². The number of fused-ring (bicyclic) bond motifs is 1. The molecule has 2 heterocycles. The van der Waals surface area contributed by atoms with Crippen LogP contribution in [0.1, 0.15) is 28.1 Å². The van der Waals surface area contributed by atoms with E-state index in [4.69, 9.17) is 13.7 Å². The van der Waals surface area contributed by atoms with E-state index >= 15 is 0 Å². The number of furan rings is 1. The molecule has 5 nitrogen and oxygen atoms in total. The summed E-state index contributed by atoms with van der Waals surface area (Å²) in [5, 5.41) is 4.70. The number of carbonyl (C=O) groups excluding carboxylic acids is 1. The Hall–Kier alpha value is -2.56. The number of rotatable bonds is 4. The third-order valence-electron chi connectivity index (χ3n) is 3.73. The number of hydrogen-bond donors (Lipinski definition) is 0. The number of nitrogens with zero attached hydrogens (tertiary/aromatic N) is 1. The number of aromatic nitrogens is 1. The molecule has 5 heteroatoms. The molecule has 0 unspecified atom stereocenters. The molecule has 0 atom stereocenters. The molecule has 0 aliphatic carbocycles. The molecule has 3 rings (SSSR count). The van der Waals surface area contributed by atoms with Crippen LogP contribution < -0.4 is 0 Å². The van der Waals surface area contributed by atoms with E-state index in [2.05, 4.69) is 5.16 Å². The summed E-state index contributed by atoms with van der Waals surface area (Å²) in [5.74, 6) is 0.212. The van der Waals surface area contributed by atoms with Crippen LogP contribution in [0.25, 0.3) is 11.0 Å². The van der Waals surface area contributed by atoms with Crippen LogP contribution in [-0.4, -0.2) is 11.1 Å². The Kier molecular flexibility index (Phi) is 3.71. The van der Waals surface area contributed by atoms with Gasteiger partial charge < -0.3 is 13.7 Å². The molecule has 1 aromatic carbocycles. The lowest BCUT2D eigenvalue weighted by atomic mass is 10.0. The van der Waals surface area contributed by atoms with Gasteiger partial charge >= 0.3 is 5.97 Å². The molecule has 0 aliphatic rings. The lowest BCUT2D eigenvalue weighted by molar-refractivity contribution is -0.144. The summed E-state index contributed by atoms with van der Waals surface area (Å²) in [4.78, 5) is 12.0.